The van der Waals surface area contributed by atoms with Gasteiger partial charge in [-0.2, -0.15) is 0 Å². The molecule has 0 saturated heterocycles. The lowest BCUT2D eigenvalue weighted by Gasteiger charge is -2.33. The zero-order valence-corrected chi connectivity index (χ0v) is 84.6. The van der Waals surface area contributed by atoms with E-state index in [2.05, 4.69) is 420 Å². The first-order chi connectivity index (χ1) is 66.2. The molecule has 690 valence electrons. The van der Waals surface area contributed by atoms with Crippen LogP contribution in [0.25, 0.3) is 105 Å². The molecule has 137 heavy (non-hydrogen) atoms. The topological polar surface area (TPSA) is 14.8 Å². The fourth-order valence-electron chi connectivity index (χ4n) is 22.3. The number of rotatable bonds is 27. The predicted molar refractivity (Wildman–Crippen MR) is 588 cm³/mol. The van der Waals surface area contributed by atoms with Crippen LogP contribution in [0.5, 0.6) is 0 Å². The van der Waals surface area contributed by atoms with Gasteiger partial charge >= 0.3 is 0 Å². The van der Waals surface area contributed by atoms with E-state index in [0.717, 1.165) is 115 Å². The van der Waals surface area contributed by atoms with Gasteiger partial charge < -0.3 is 13.7 Å². The number of unbranched alkanes of at least 4 members (excludes halogenated alkanes) is 16. The smallest absolute Gasteiger partial charge is 0.0541 e. The second-order valence-corrected chi connectivity index (χ2v) is 44.0. The van der Waals surface area contributed by atoms with Crippen LogP contribution in [-0.4, -0.2) is 13.7 Å². The molecule has 2 aliphatic carbocycles. The first-order valence-corrected chi connectivity index (χ1v) is 51.9. The standard InChI is InChI=1S/C134H139N3/c1-18-23-27-31-35-79-133(80-36-32-28-24-19-2)119-85-98(41-39-94-49-65-107(66-50-94)136-125-75-59-102(129(6,7)8)89-115(125)116-90-103(130(9,10)11)60-76-126(116)136)53-69-109(119)111-71-55-100(87-121(111)133)45-43-96-57-73-123-113(83-96)114-84-97(58-74-124(114)135(123)106-63-47-93(22-5)48-64-106)44-46-101-56-72-112-110-70-54-99(86-120(110)134(122(112)88-101,81-37-33-29-25-20-3)82-38-34-30-26-21-4)42-40-95-51-67-108(68-52-95)137-127-77-61-104(131(12,13)14)91-117(127)118-92-105(132(15,16)17)62-78-128(118)137/h5,47-78,83-92H,18-21,23-38,79-82H2,1-4,6-17H3. The molecule has 3 heterocycles. The van der Waals surface area contributed by atoms with E-state index in [-0.39, 0.29) is 32.5 Å². The molecular formula is C134H139N3. The molecule has 0 radical (unpaired) electrons. The first kappa shape index (κ1) is 94.4. The maximum Gasteiger partial charge on any atom is 0.0541 e. The summed E-state index contributed by atoms with van der Waals surface area (Å²) in [5, 5.41) is 7.45. The van der Waals surface area contributed by atoms with E-state index in [4.69, 9.17) is 6.42 Å². The van der Waals surface area contributed by atoms with Gasteiger partial charge in [0.1, 0.15) is 0 Å². The molecule has 18 rings (SSSR count). The van der Waals surface area contributed by atoms with Crippen LogP contribution in [0.4, 0.5) is 0 Å². The molecule has 0 N–H and O–H groups in total. The van der Waals surface area contributed by atoms with Gasteiger partial charge in [0.15, 0.2) is 0 Å². The van der Waals surface area contributed by atoms with Crippen molar-refractivity contribution in [3.63, 3.8) is 0 Å². The summed E-state index contributed by atoms with van der Waals surface area (Å²) in [6.45, 7) is 37.0. The summed E-state index contributed by atoms with van der Waals surface area (Å²) in [6.07, 6.45) is 35.0. The third-order valence-electron chi connectivity index (χ3n) is 30.3. The maximum atomic E-state index is 6.00. The highest BCUT2D eigenvalue weighted by molar-refractivity contribution is 6.12. The summed E-state index contributed by atoms with van der Waals surface area (Å²) in [7, 11) is 0. The molecule has 0 amide bonds. The number of nitrogens with zero attached hydrogens (tertiary/aromatic N) is 3. The van der Waals surface area contributed by atoms with Gasteiger partial charge in [-0.3, -0.25) is 0 Å². The number of aromatic nitrogens is 3. The van der Waals surface area contributed by atoms with Crippen LogP contribution in [-0.2, 0) is 32.5 Å². The fraction of sp³-hybridized carbons (Fsp3) is 0.343. The van der Waals surface area contributed by atoms with Crippen molar-refractivity contribution in [2.75, 3.05) is 0 Å². The molecule has 3 heteroatoms. The lowest BCUT2D eigenvalue weighted by molar-refractivity contribution is 0.399. The van der Waals surface area contributed by atoms with E-state index in [1.165, 1.54) is 239 Å². The van der Waals surface area contributed by atoms with Gasteiger partial charge in [0.2, 0.25) is 0 Å². The minimum Gasteiger partial charge on any atom is -0.309 e. The quantitative estimate of drug-likeness (QED) is 0.0360. The Morgan fingerprint density at radius 2 is 0.409 bits per heavy atom. The molecule has 16 aromatic rings. The Balaban J connectivity index is 0.664. The SMILES string of the molecule is C#Cc1ccc(-n2c3ccc(C#Cc4ccc5c(c4)C(CCCCCCC)(CCCCCCC)c4cc(C#Cc6ccc(-n7c8ccc(C(C)(C)C)cc8c8cc(C(C)(C)C)ccc87)cc6)ccc4-5)cc3c3cc(C#Cc4ccc5c(c4)C(CCCCCCC)(CCCCCCC)c4cc(C#Cc6ccc(-n7c8ccc(C(C)(C)C)cc8c8cc(C(C)(C)C)ccc87)cc6)ccc4-5)ccc32)cc1. The van der Waals surface area contributed by atoms with Gasteiger partial charge in [-0.1, -0.05) is 341 Å². The van der Waals surface area contributed by atoms with Gasteiger partial charge in [0, 0.05) is 110 Å². The van der Waals surface area contributed by atoms with Gasteiger partial charge in [-0.15, -0.1) is 6.42 Å². The highest BCUT2D eigenvalue weighted by Crippen LogP contribution is 2.57. The normalized spacial score (nSPS) is 13.1. The molecule has 3 aromatic heterocycles. The number of fused-ring (bicyclic) bond motifs is 15. The number of terminal acetylenes is 1. The highest BCUT2D eigenvalue weighted by atomic mass is 15.0. The third-order valence-corrected chi connectivity index (χ3v) is 30.3. The molecular weight excluding hydrogens is 1650 g/mol. The molecule has 0 bridgehead atoms. The Bertz CT molecular complexity index is 6960. The minimum atomic E-state index is -0.174. The summed E-state index contributed by atoms with van der Waals surface area (Å²) < 4.78 is 7.26. The van der Waals surface area contributed by atoms with Crippen LogP contribution in [0.1, 0.15) is 359 Å². The monoisotopic (exact) mass is 1790 g/mol. The van der Waals surface area contributed by atoms with Crippen molar-refractivity contribution in [3.05, 3.63) is 349 Å². The Hall–Kier alpha value is -12.9. The number of benzene rings is 13. The Labute approximate surface area is 819 Å². The summed E-state index contributed by atoms with van der Waals surface area (Å²) in [6, 6.07) is 96.8. The van der Waals surface area contributed by atoms with Crippen molar-refractivity contribution in [1.29, 1.82) is 0 Å². The van der Waals surface area contributed by atoms with Crippen molar-refractivity contribution in [2.24, 2.45) is 0 Å². The zero-order valence-electron chi connectivity index (χ0n) is 84.6. The summed E-state index contributed by atoms with van der Waals surface area (Å²) in [5.41, 5.74) is 35.7. The van der Waals surface area contributed by atoms with E-state index in [1.54, 1.807) is 0 Å². The number of hydrogen-bond acceptors (Lipinski definition) is 0. The molecule has 3 nitrogen and oxygen atoms in total. The minimum absolute atomic E-state index is 0.0321. The van der Waals surface area contributed by atoms with E-state index >= 15 is 0 Å². The Kier molecular flexibility index (Phi) is 27.3. The summed E-state index contributed by atoms with van der Waals surface area (Å²) >= 11 is 0. The molecule has 0 unspecified atom stereocenters. The van der Waals surface area contributed by atoms with Gasteiger partial charge in [-0.25, -0.2) is 0 Å². The average Bonchev–Trinajstić information content (AvgIpc) is 1.55. The lowest BCUT2D eigenvalue weighted by atomic mass is 9.70. The predicted octanol–water partition coefficient (Wildman–Crippen LogP) is 35.7. The third kappa shape index (κ3) is 19.4. The maximum absolute atomic E-state index is 6.00. The van der Waals surface area contributed by atoms with Crippen LogP contribution in [0.2, 0.25) is 0 Å². The van der Waals surface area contributed by atoms with Crippen LogP contribution in [0.3, 0.4) is 0 Å². The van der Waals surface area contributed by atoms with Gasteiger partial charge in [0.25, 0.3) is 0 Å². The van der Waals surface area contributed by atoms with E-state index < -0.39 is 0 Å². The van der Waals surface area contributed by atoms with Crippen molar-refractivity contribution in [3.8, 4) is 99.0 Å². The largest absolute Gasteiger partial charge is 0.309 e. The molecule has 13 aromatic carbocycles. The molecule has 0 aliphatic heterocycles. The molecule has 0 fully saturated rings. The van der Waals surface area contributed by atoms with Crippen LogP contribution in [0, 0.1) is 59.7 Å². The van der Waals surface area contributed by atoms with Crippen molar-refractivity contribution in [1.82, 2.24) is 13.7 Å². The van der Waals surface area contributed by atoms with Crippen LogP contribution < -0.4 is 0 Å². The van der Waals surface area contributed by atoms with Crippen molar-refractivity contribution >= 4 is 65.4 Å². The van der Waals surface area contributed by atoms with Gasteiger partial charge in [0.05, 0.1) is 33.1 Å². The molecule has 0 saturated carbocycles. The van der Waals surface area contributed by atoms with E-state index in [0.29, 0.717) is 0 Å². The summed E-state index contributed by atoms with van der Waals surface area (Å²) in [4.78, 5) is 0. The fourth-order valence-corrected chi connectivity index (χ4v) is 22.3. The highest BCUT2D eigenvalue weighted by Gasteiger charge is 2.45. The number of hydrogen-bond donors (Lipinski definition) is 0. The second-order valence-electron chi connectivity index (χ2n) is 44.0. The summed E-state index contributed by atoms with van der Waals surface area (Å²) in [5.74, 6) is 32.8. The average molecular weight is 1790 g/mol. The zero-order chi connectivity index (χ0) is 95.5. The lowest BCUT2D eigenvalue weighted by Crippen LogP contribution is -2.26. The van der Waals surface area contributed by atoms with Gasteiger partial charge in [-0.05, 0) is 320 Å². The first-order valence-electron chi connectivity index (χ1n) is 51.9. The van der Waals surface area contributed by atoms with Crippen LogP contribution in [0.15, 0.2) is 255 Å². The molecule has 0 spiro atoms. The van der Waals surface area contributed by atoms with Crippen LogP contribution >= 0.6 is 0 Å². The van der Waals surface area contributed by atoms with Crippen molar-refractivity contribution in [2.45, 2.75) is 297 Å². The Morgan fingerprint density at radius 1 is 0.212 bits per heavy atom. The Morgan fingerprint density at radius 3 is 0.642 bits per heavy atom. The van der Waals surface area contributed by atoms with E-state index in [1.807, 2.05) is 12.1 Å². The van der Waals surface area contributed by atoms with Crippen molar-refractivity contribution < 1.29 is 0 Å². The molecule has 0 atom stereocenters. The molecule has 2 aliphatic rings. The van der Waals surface area contributed by atoms with E-state index in [9.17, 15) is 0 Å². The second kappa shape index (κ2) is 39.6.